The van der Waals surface area contributed by atoms with Gasteiger partial charge in [-0.15, -0.1) is 0 Å². The summed E-state index contributed by atoms with van der Waals surface area (Å²) in [6, 6.07) is 0. The van der Waals surface area contributed by atoms with E-state index in [2.05, 4.69) is 0 Å². The Labute approximate surface area is 71.7 Å². The summed E-state index contributed by atoms with van der Waals surface area (Å²) in [5, 5.41) is 9.02. The van der Waals surface area contributed by atoms with Crippen molar-refractivity contribution in [3.8, 4) is 0 Å². The molecule has 2 rings (SSSR count). The van der Waals surface area contributed by atoms with Crippen LogP contribution in [0.4, 0.5) is 0 Å². The van der Waals surface area contributed by atoms with Gasteiger partial charge in [0.25, 0.3) is 0 Å². The van der Waals surface area contributed by atoms with Gasteiger partial charge in [-0.1, -0.05) is 12.8 Å². The third-order valence-corrected chi connectivity index (χ3v) is 2.81. The second-order valence-electron chi connectivity index (χ2n) is 3.90. The summed E-state index contributed by atoms with van der Waals surface area (Å²) in [5.41, 5.74) is -0.804. The maximum Gasteiger partial charge on any atom is 0.335 e. The van der Waals surface area contributed by atoms with E-state index in [-0.39, 0.29) is 0 Å². The van der Waals surface area contributed by atoms with Crippen LogP contribution in [0.15, 0.2) is 0 Å². The summed E-state index contributed by atoms with van der Waals surface area (Å²) in [7, 11) is 0. The molecule has 0 aromatic rings. The molecule has 0 aromatic heterocycles. The van der Waals surface area contributed by atoms with Crippen LogP contribution in [0.3, 0.4) is 0 Å². The summed E-state index contributed by atoms with van der Waals surface area (Å²) in [4.78, 5) is 11.0. The first kappa shape index (κ1) is 8.05. The molecule has 0 radical (unpaired) electrons. The maximum absolute atomic E-state index is 11.0. The normalized spacial score (nSPS) is 35.3. The third kappa shape index (κ3) is 1.33. The van der Waals surface area contributed by atoms with E-state index in [1.807, 2.05) is 0 Å². The Morgan fingerprint density at radius 3 is 2.75 bits per heavy atom. The Hall–Kier alpha value is -0.570. The molecule has 3 heteroatoms. The predicted octanol–water partition coefficient (Wildman–Crippen LogP) is 1.42. The fourth-order valence-corrected chi connectivity index (χ4v) is 1.90. The van der Waals surface area contributed by atoms with E-state index in [9.17, 15) is 4.79 Å². The Bertz CT molecular complexity index is 190. The highest BCUT2D eigenvalue weighted by molar-refractivity contribution is 5.77. The van der Waals surface area contributed by atoms with Crippen molar-refractivity contribution in [1.82, 2.24) is 0 Å². The molecule has 2 fully saturated rings. The summed E-state index contributed by atoms with van der Waals surface area (Å²) in [6.07, 6.45) is 4.73. The van der Waals surface area contributed by atoms with Gasteiger partial charge >= 0.3 is 5.97 Å². The fourth-order valence-electron chi connectivity index (χ4n) is 1.90. The number of hydrogen-bond donors (Lipinski definition) is 1. The Morgan fingerprint density at radius 1 is 1.58 bits per heavy atom. The van der Waals surface area contributed by atoms with Crippen molar-refractivity contribution in [1.29, 1.82) is 0 Å². The SMILES string of the molecule is O=C(O)C1(CC2CC2)CCCO1. The van der Waals surface area contributed by atoms with Gasteiger partial charge in [0.2, 0.25) is 0 Å². The van der Waals surface area contributed by atoms with E-state index in [0.717, 1.165) is 12.8 Å². The monoisotopic (exact) mass is 170 g/mol. The molecule has 68 valence electrons. The summed E-state index contributed by atoms with van der Waals surface area (Å²) in [5.74, 6) is -0.133. The number of hydrogen-bond acceptors (Lipinski definition) is 2. The van der Waals surface area contributed by atoms with E-state index < -0.39 is 11.6 Å². The molecule has 1 unspecified atom stereocenters. The van der Waals surface area contributed by atoms with Gasteiger partial charge in [-0.25, -0.2) is 4.79 Å². The zero-order valence-electron chi connectivity index (χ0n) is 7.08. The van der Waals surface area contributed by atoms with Gasteiger partial charge in [0, 0.05) is 6.61 Å². The van der Waals surface area contributed by atoms with Crippen LogP contribution in [-0.4, -0.2) is 23.3 Å². The van der Waals surface area contributed by atoms with Gasteiger partial charge in [0.05, 0.1) is 0 Å². The van der Waals surface area contributed by atoms with Gasteiger partial charge in [-0.05, 0) is 25.2 Å². The average molecular weight is 170 g/mol. The molecule has 1 saturated carbocycles. The molecule has 1 N–H and O–H groups in total. The molecule has 1 aliphatic carbocycles. The molecular formula is C9H14O3. The van der Waals surface area contributed by atoms with E-state index in [4.69, 9.17) is 9.84 Å². The lowest BCUT2D eigenvalue weighted by molar-refractivity contribution is -0.161. The molecular weight excluding hydrogens is 156 g/mol. The minimum atomic E-state index is -0.804. The molecule has 3 nitrogen and oxygen atoms in total. The second kappa shape index (κ2) is 2.73. The van der Waals surface area contributed by atoms with Crippen molar-refractivity contribution >= 4 is 5.97 Å². The minimum Gasteiger partial charge on any atom is -0.479 e. The Morgan fingerprint density at radius 2 is 2.33 bits per heavy atom. The summed E-state index contributed by atoms with van der Waals surface area (Å²) >= 11 is 0. The lowest BCUT2D eigenvalue weighted by Gasteiger charge is -2.22. The molecule has 0 spiro atoms. The highest BCUT2D eigenvalue weighted by Gasteiger charge is 2.46. The smallest absolute Gasteiger partial charge is 0.335 e. The van der Waals surface area contributed by atoms with Crippen LogP contribution in [0.25, 0.3) is 0 Å². The molecule has 1 aliphatic heterocycles. The molecule has 2 aliphatic rings. The molecule has 0 aromatic carbocycles. The third-order valence-electron chi connectivity index (χ3n) is 2.81. The van der Waals surface area contributed by atoms with Gasteiger partial charge < -0.3 is 9.84 Å². The molecule has 0 amide bonds. The zero-order chi connectivity index (χ0) is 8.60. The Balaban J connectivity index is 2.03. The fraction of sp³-hybridized carbons (Fsp3) is 0.889. The van der Waals surface area contributed by atoms with Gasteiger partial charge in [0.15, 0.2) is 5.60 Å². The van der Waals surface area contributed by atoms with Crippen molar-refractivity contribution in [2.24, 2.45) is 5.92 Å². The van der Waals surface area contributed by atoms with Crippen LogP contribution in [0.2, 0.25) is 0 Å². The molecule has 12 heavy (non-hydrogen) atoms. The van der Waals surface area contributed by atoms with Crippen LogP contribution in [-0.2, 0) is 9.53 Å². The highest BCUT2D eigenvalue weighted by Crippen LogP contribution is 2.42. The maximum atomic E-state index is 11.0. The quantitative estimate of drug-likeness (QED) is 0.696. The van der Waals surface area contributed by atoms with E-state index >= 15 is 0 Å². The zero-order valence-corrected chi connectivity index (χ0v) is 7.08. The first-order chi connectivity index (χ1) is 5.73. The van der Waals surface area contributed by atoms with Crippen LogP contribution in [0.1, 0.15) is 32.1 Å². The van der Waals surface area contributed by atoms with Crippen LogP contribution in [0, 0.1) is 5.92 Å². The molecule has 1 saturated heterocycles. The number of carboxylic acids is 1. The number of carboxylic acid groups (broad SMARTS) is 1. The van der Waals surface area contributed by atoms with Gasteiger partial charge in [-0.3, -0.25) is 0 Å². The van der Waals surface area contributed by atoms with Crippen molar-refractivity contribution in [2.45, 2.75) is 37.7 Å². The number of carbonyl (C=O) groups is 1. The standard InChI is InChI=1S/C9H14O3/c10-8(11)9(4-1-5-12-9)6-7-2-3-7/h7H,1-6H2,(H,10,11). The average Bonchev–Trinajstić information content (AvgIpc) is 2.66. The summed E-state index contributed by atoms with van der Waals surface area (Å²) < 4.78 is 5.35. The highest BCUT2D eigenvalue weighted by atomic mass is 16.5. The Kier molecular flexibility index (Phi) is 1.83. The van der Waals surface area contributed by atoms with Crippen LogP contribution >= 0.6 is 0 Å². The lowest BCUT2D eigenvalue weighted by Crippen LogP contribution is -2.38. The minimum absolute atomic E-state index is 0.624. The molecule has 1 heterocycles. The molecule has 0 bridgehead atoms. The lowest BCUT2D eigenvalue weighted by atomic mass is 9.93. The number of aliphatic carboxylic acids is 1. The largest absolute Gasteiger partial charge is 0.479 e. The van der Waals surface area contributed by atoms with Crippen LogP contribution in [0.5, 0.6) is 0 Å². The summed E-state index contributed by atoms with van der Waals surface area (Å²) in [6.45, 7) is 0.624. The predicted molar refractivity (Wildman–Crippen MR) is 42.9 cm³/mol. The van der Waals surface area contributed by atoms with E-state index in [1.54, 1.807) is 0 Å². The van der Waals surface area contributed by atoms with Crippen LogP contribution < -0.4 is 0 Å². The second-order valence-corrected chi connectivity index (χ2v) is 3.90. The number of ether oxygens (including phenoxy) is 1. The topological polar surface area (TPSA) is 46.5 Å². The van der Waals surface area contributed by atoms with Gasteiger partial charge in [0.1, 0.15) is 0 Å². The van der Waals surface area contributed by atoms with Gasteiger partial charge in [-0.2, -0.15) is 0 Å². The number of rotatable bonds is 3. The molecule has 1 atom stereocenters. The first-order valence-corrected chi connectivity index (χ1v) is 4.60. The van der Waals surface area contributed by atoms with Crippen molar-refractivity contribution in [3.05, 3.63) is 0 Å². The van der Waals surface area contributed by atoms with E-state index in [0.29, 0.717) is 18.9 Å². The van der Waals surface area contributed by atoms with Crippen molar-refractivity contribution in [3.63, 3.8) is 0 Å². The van der Waals surface area contributed by atoms with Crippen molar-refractivity contribution < 1.29 is 14.6 Å². The van der Waals surface area contributed by atoms with Crippen molar-refractivity contribution in [2.75, 3.05) is 6.61 Å². The first-order valence-electron chi connectivity index (χ1n) is 4.60. The van der Waals surface area contributed by atoms with E-state index in [1.165, 1.54) is 12.8 Å².